The predicted molar refractivity (Wildman–Crippen MR) is 97.5 cm³/mol. The molecule has 0 unspecified atom stereocenters. The van der Waals surface area contributed by atoms with Crippen molar-refractivity contribution in [3.63, 3.8) is 0 Å². The normalized spacial score (nSPS) is 13.6. The van der Waals surface area contributed by atoms with Crippen molar-refractivity contribution in [2.45, 2.75) is 13.0 Å². The van der Waals surface area contributed by atoms with E-state index in [2.05, 4.69) is 36.2 Å². The van der Waals surface area contributed by atoms with Gasteiger partial charge in [-0.2, -0.15) is 0 Å². The second-order valence-corrected chi connectivity index (χ2v) is 6.65. The third-order valence-electron chi connectivity index (χ3n) is 3.88. The van der Waals surface area contributed by atoms with Crippen LogP contribution in [0.5, 0.6) is 5.75 Å². The fourth-order valence-corrected chi connectivity index (χ4v) is 3.18. The summed E-state index contributed by atoms with van der Waals surface area (Å²) in [6, 6.07) is 12.0. The molecule has 1 aliphatic rings. The number of likely N-dealkylation sites (N-methyl/N-ethyl adjacent to an activating group) is 1. The van der Waals surface area contributed by atoms with Gasteiger partial charge in [0, 0.05) is 29.6 Å². The van der Waals surface area contributed by atoms with Gasteiger partial charge in [0.15, 0.2) is 0 Å². The molecular formula is C19H19Cl2NO. The molecule has 1 heterocycles. The first-order valence-corrected chi connectivity index (χ1v) is 8.42. The van der Waals surface area contributed by atoms with E-state index in [1.807, 2.05) is 18.2 Å². The van der Waals surface area contributed by atoms with Crippen molar-refractivity contribution in [2.24, 2.45) is 0 Å². The van der Waals surface area contributed by atoms with E-state index in [1.54, 1.807) is 6.07 Å². The summed E-state index contributed by atoms with van der Waals surface area (Å²) in [5.74, 6) is 1.04. The highest BCUT2D eigenvalue weighted by Gasteiger charge is 2.12. The standard InChI is InChI=1S/C19H19Cl2NO/c1-22(9-2-3-15-5-6-17(20)12-18(15)21)13-14-4-7-19-16(11-14)8-10-23-19/h2-7,11-12H,8-10,13H2,1H3/b3-2+. The summed E-state index contributed by atoms with van der Waals surface area (Å²) in [5, 5.41) is 1.33. The number of ether oxygens (including phenoxy) is 1. The molecule has 0 aliphatic carbocycles. The lowest BCUT2D eigenvalue weighted by atomic mass is 10.1. The molecular weight excluding hydrogens is 329 g/mol. The third kappa shape index (κ3) is 4.29. The highest BCUT2D eigenvalue weighted by Crippen LogP contribution is 2.26. The van der Waals surface area contributed by atoms with Gasteiger partial charge in [-0.05, 0) is 41.9 Å². The van der Waals surface area contributed by atoms with E-state index >= 15 is 0 Å². The molecule has 0 spiro atoms. The minimum Gasteiger partial charge on any atom is -0.493 e. The van der Waals surface area contributed by atoms with Gasteiger partial charge < -0.3 is 4.74 Å². The molecule has 0 radical (unpaired) electrons. The Morgan fingerprint density at radius 2 is 2.04 bits per heavy atom. The molecule has 23 heavy (non-hydrogen) atoms. The molecule has 0 atom stereocenters. The molecule has 0 saturated heterocycles. The van der Waals surface area contributed by atoms with Crippen molar-refractivity contribution >= 4 is 29.3 Å². The average molecular weight is 348 g/mol. The molecule has 4 heteroatoms. The van der Waals surface area contributed by atoms with Gasteiger partial charge in [0.25, 0.3) is 0 Å². The van der Waals surface area contributed by atoms with Crippen LogP contribution in [0.15, 0.2) is 42.5 Å². The lowest BCUT2D eigenvalue weighted by molar-refractivity contribution is 0.356. The summed E-state index contributed by atoms with van der Waals surface area (Å²) in [6.07, 6.45) is 5.17. The average Bonchev–Trinajstić information content (AvgIpc) is 2.97. The number of hydrogen-bond donors (Lipinski definition) is 0. The Labute approximate surface area is 147 Å². The Morgan fingerprint density at radius 1 is 1.17 bits per heavy atom. The van der Waals surface area contributed by atoms with Gasteiger partial charge in [-0.25, -0.2) is 0 Å². The smallest absolute Gasteiger partial charge is 0.122 e. The maximum absolute atomic E-state index is 6.17. The number of halogens is 2. The lowest BCUT2D eigenvalue weighted by Gasteiger charge is -2.15. The second kappa shape index (κ2) is 7.39. The maximum Gasteiger partial charge on any atom is 0.122 e. The van der Waals surface area contributed by atoms with Crippen LogP contribution in [0.1, 0.15) is 16.7 Å². The number of rotatable bonds is 5. The molecule has 0 saturated carbocycles. The Kier molecular flexibility index (Phi) is 5.27. The van der Waals surface area contributed by atoms with Crippen LogP contribution in [0, 0.1) is 0 Å². The maximum atomic E-state index is 6.17. The number of fused-ring (bicyclic) bond motifs is 1. The Bertz CT molecular complexity index is 727. The summed E-state index contributed by atoms with van der Waals surface area (Å²) in [5.41, 5.74) is 3.62. The van der Waals surface area contributed by atoms with Gasteiger partial charge in [0.2, 0.25) is 0 Å². The Hall–Kier alpha value is -1.48. The van der Waals surface area contributed by atoms with E-state index in [-0.39, 0.29) is 0 Å². The van der Waals surface area contributed by atoms with Gasteiger partial charge >= 0.3 is 0 Å². The number of hydrogen-bond acceptors (Lipinski definition) is 2. The second-order valence-electron chi connectivity index (χ2n) is 5.81. The zero-order valence-electron chi connectivity index (χ0n) is 13.1. The fraction of sp³-hybridized carbons (Fsp3) is 0.263. The van der Waals surface area contributed by atoms with Crippen LogP contribution in [0.25, 0.3) is 6.08 Å². The number of benzene rings is 2. The van der Waals surface area contributed by atoms with E-state index < -0.39 is 0 Å². The summed E-state index contributed by atoms with van der Waals surface area (Å²) < 4.78 is 5.55. The van der Waals surface area contributed by atoms with Crippen LogP contribution in [0.3, 0.4) is 0 Å². The largest absolute Gasteiger partial charge is 0.493 e. The lowest BCUT2D eigenvalue weighted by Crippen LogP contribution is -2.17. The SMILES string of the molecule is CN(C/C=C/c1ccc(Cl)cc1Cl)Cc1ccc2c(c1)CCO2. The van der Waals surface area contributed by atoms with Crippen molar-refractivity contribution in [1.29, 1.82) is 0 Å². The summed E-state index contributed by atoms with van der Waals surface area (Å²) in [6.45, 7) is 2.57. The quantitative estimate of drug-likeness (QED) is 0.748. The molecule has 0 aromatic heterocycles. The highest BCUT2D eigenvalue weighted by atomic mass is 35.5. The van der Waals surface area contributed by atoms with Crippen LogP contribution in [0.2, 0.25) is 10.0 Å². The van der Waals surface area contributed by atoms with E-state index in [0.29, 0.717) is 10.0 Å². The van der Waals surface area contributed by atoms with E-state index in [1.165, 1.54) is 11.1 Å². The van der Waals surface area contributed by atoms with Crippen molar-refractivity contribution < 1.29 is 4.74 Å². The molecule has 2 aromatic carbocycles. The minimum absolute atomic E-state index is 0.657. The van der Waals surface area contributed by atoms with Gasteiger partial charge in [-0.3, -0.25) is 4.90 Å². The van der Waals surface area contributed by atoms with Gasteiger partial charge in [0.1, 0.15) is 5.75 Å². The molecule has 3 rings (SSSR count). The van der Waals surface area contributed by atoms with Gasteiger partial charge in [0.05, 0.1) is 6.61 Å². The van der Waals surface area contributed by atoms with Gasteiger partial charge in [-0.1, -0.05) is 53.6 Å². The van der Waals surface area contributed by atoms with Crippen molar-refractivity contribution in [2.75, 3.05) is 20.2 Å². The fourth-order valence-electron chi connectivity index (χ4n) is 2.71. The highest BCUT2D eigenvalue weighted by molar-refractivity contribution is 6.35. The minimum atomic E-state index is 0.657. The van der Waals surface area contributed by atoms with Crippen LogP contribution >= 0.6 is 23.2 Å². The monoisotopic (exact) mass is 347 g/mol. The topological polar surface area (TPSA) is 12.5 Å². The summed E-state index contributed by atoms with van der Waals surface area (Å²) in [7, 11) is 2.11. The summed E-state index contributed by atoms with van der Waals surface area (Å²) in [4.78, 5) is 2.26. The zero-order chi connectivity index (χ0) is 16.2. The number of nitrogens with zero attached hydrogens (tertiary/aromatic N) is 1. The first-order chi connectivity index (χ1) is 11.1. The molecule has 0 N–H and O–H groups in total. The van der Waals surface area contributed by atoms with Crippen LogP contribution < -0.4 is 4.74 Å². The van der Waals surface area contributed by atoms with Gasteiger partial charge in [-0.15, -0.1) is 0 Å². The molecule has 0 bridgehead atoms. The first kappa shape index (κ1) is 16.4. The summed E-state index contributed by atoms with van der Waals surface area (Å²) >= 11 is 12.1. The van der Waals surface area contributed by atoms with Crippen molar-refractivity contribution in [3.8, 4) is 5.75 Å². The molecule has 120 valence electrons. The van der Waals surface area contributed by atoms with Crippen LogP contribution in [0.4, 0.5) is 0 Å². The molecule has 2 aromatic rings. The van der Waals surface area contributed by atoms with E-state index in [9.17, 15) is 0 Å². The van der Waals surface area contributed by atoms with Crippen LogP contribution in [-0.4, -0.2) is 25.1 Å². The predicted octanol–water partition coefficient (Wildman–Crippen LogP) is 5.07. The van der Waals surface area contributed by atoms with Crippen molar-refractivity contribution in [1.82, 2.24) is 4.90 Å². The van der Waals surface area contributed by atoms with E-state index in [4.69, 9.17) is 27.9 Å². The van der Waals surface area contributed by atoms with Crippen LogP contribution in [-0.2, 0) is 13.0 Å². The Morgan fingerprint density at radius 3 is 2.87 bits per heavy atom. The molecule has 2 nitrogen and oxygen atoms in total. The van der Waals surface area contributed by atoms with Crippen molar-refractivity contribution in [3.05, 3.63) is 69.2 Å². The third-order valence-corrected chi connectivity index (χ3v) is 4.45. The first-order valence-electron chi connectivity index (χ1n) is 7.66. The zero-order valence-corrected chi connectivity index (χ0v) is 14.6. The molecule has 1 aliphatic heterocycles. The van der Waals surface area contributed by atoms with E-state index in [0.717, 1.165) is 37.4 Å². The molecule has 0 amide bonds. The Balaban J connectivity index is 1.57. The molecule has 0 fully saturated rings.